The minimum atomic E-state index is -0.476. The van der Waals surface area contributed by atoms with Crippen molar-refractivity contribution in [1.29, 1.82) is 0 Å². The minimum Gasteiger partial charge on any atom is -0.392 e. The summed E-state index contributed by atoms with van der Waals surface area (Å²) in [6.07, 6.45) is 0.457. The van der Waals surface area contributed by atoms with E-state index in [4.69, 9.17) is 0 Å². The monoisotopic (exact) mass is 266 g/mol. The summed E-state index contributed by atoms with van der Waals surface area (Å²) >= 11 is 0. The Morgan fingerprint density at radius 3 is 2.84 bits per heavy atom. The predicted octanol–water partition coefficient (Wildman–Crippen LogP) is 1.29. The molecule has 2 atom stereocenters. The van der Waals surface area contributed by atoms with E-state index in [1.165, 1.54) is 12.1 Å². The van der Waals surface area contributed by atoms with E-state index in [-0.39, 0.29) is 18.2 Å². The van der Waals surface area contributed by atoms with E-state index in [0.717, 1.165) is 18.7 Å². The van der Waals surface area contributed by atoms with E-state index in [9.17, 15) is 20.3 Å². The van der Waals surface area contributed by atoms with Crippen LogP contribution in [0, 0.1) is 16.0 Å². The zero-order chi connectivity index (χ0) is 14.0. The van der Waals surface area contributed by atoms with Gasteiger partial charge in [0.15, 0.2) is 0 Å². The van der Waals surface area contributed by atoms with Gasteiger partial charge < -0.3 is 15.1 Å². The number of piperidine rings is 1. The number of non-ortho nitro benzene ring substituents is 1. The number of aliphatic hydroxyl groups is 2. The van der Waals surface area contributed by atoms with Crippen molar-refractivity contribution in [2.75, 3.05) is 18.0 Å². The zero-order valence-corrected chi connectivity index (χ0v) is 10.8. The topological polar surface area (TPSA) is 86.8 Å². The van der Waals surface area contributed by atoms with Crippen LogP contribution in [-0.2, 0) is 6.61 Å². The van der Waals surface area contributed by atoms with Crippen molar-refractivity contribution >= 4 is 11.4 Å². The largest absolute Gasteiger partial charge is 0.392 e. The molecule has 1 heterocycles. The van der Waals surface area contributed by atoms with Crippen molar-refractivity contribution in [2.45, 2.75) is 26.1 Å². The lowest BCUT2D eigenvalue weighted by Crippen LogP contribution is -2.43. The first kappa shape index (κ1) is 13.8. The van der Waals surface area contributed by atoms with Crippen LogP contribution < -0.4 is 4.90 Å². The molecule has 2 N–H and O–H groups in total. The molecule has 1 saturated heterocycles. The molecule has 0 aliphatic carbocycles. The maximum absolute atomic E-state index is 10.7. The average Bonchev–Trinajstić information content (AvgIpc) is 2.41. The Morgan fingerprint density at radius 1 is 1.53 bits per heavy atom. The molecule has 0 aromatic heterocycles. The summed E-state index contributed by atoms with van der Waals surface area (Å²) in [5, 5.41) is 30.0. The molecule has 0 radical (unpaired) electrons. The quantitative estimate of drug-likeness (QED) is 0.636. The van der Waals surface area contributed by atoms with Crippen molar-refractivity contribution in [3.8, 4) is 0 Å². The second-order valence-corrected chi connectivity index (χ2v) is 5.01. The van der Waals surface area contributed by atoms with Crippen LogP contribution in [0.3, 0.4) is 0 Å². The van der Waals surface area contributed by atoms with Crippen molar-refractivity contribution in [3.63, 3.8) is 0 Å². The fourth-order valence-electron chi connectivity index (χ4n) is 2.39. The number of nitro benzene ring substituents is 1. The first-order valence-corrected chi connectivity index (χ1v) is 6.34. The Kier molecular flexibility index (Phi) is 4.01. The third-order valence-electron chi connectivity index (χ3n) is 3.70. The molecule has 0 saturated carbocycles. The number of hydrogen-bond donors (Lipinski definition) is 2. The van der Waals surface area contributed by atoms with Crippen LogP contribution in [-0.4, -0.2) is 34.3 Å². The number of nitro groups is 1. The van der Waals surface area contributed by atoms with Gasteiger partial charge >= 0.3 is 0 Å². The zero-order valence-electron chi connectivity index (χ0n) is 10.8. The maximum atomic E-state index is 10.7. The third kappa shape index (κ3) is 2.85. The highest BCUT2D eigenvalue weighted by Crippen LogP contribution is 2.29. The lowest BCUT2D eigenvalue weighted by Gasteiger charge is -2.36. The number of anilines is 1. The van der Waals surface area contributed by atoms with Gasteiger partial charge in [-0.1, -0.05) is 6.92 Å². The summed E-state index contributed by atoms with van der Waals surface area (Å²) in [5.41, 5.74) is 1.26. The van der Waals surface area contributed by atoms with Gasteiger partial charge in [0.2, 0.25) is 0 Å². The molecule has 6 nitrogen and oxygen atoms in total. The second-order valence-electron chi connectivity index (χ2n) is 5.01. The van der Waals surface area contributed by atoms with Crippen LogP contribution in [0.4, 0.5) is 11.4 Å². The standard InChI is InChI=1S/C13H18N2O4/c1-9-4-5-14(7-13(9)17)12-3-2-11(15(18)19)6-10(12)8-16/h2-3,6,9,13,16-17H,4-5,7-8H2,1H3. The molecule has 0 bridgehead atoms. The summed E-state index contributed by atoms with van der Waals surface area (Å²) in [6, 6.07) is 4.46. The summed E-state index contributed by atoms with van der Waals surface area (Å²) in [4.78, 5) is 12.2. The molecule has 1 aliphatic rings. The number of β-amino-alcohol motifs (C(OH)–C–C–N with tert-alkyl or cyclic N) is 1. The minimum absolute atomic E-state index is 0.0290. The van der Waals surface area contributed by atoms with E-state index < -0.39 is 11.0 Å². The van der Waals surface area contributed by atoms with E-state index in [1.807, 2.05) is 11.8 Å². The molecule has 2 rings (SSSR count). The fourth-order valence-corrected chi connectivity index (χ4v) is 2.39. The summed E-state index contributed by atoms with van der Waals surface area (Å²) in [6.45, 7) is 3.03. The van der Waals surface area contributed by atoms with Gasteiger partial charge in [0.25, 0.3) is 5.69 Å². The van der Waals surface area contributed by atoms with E-state index in [0.29, 0.717) is 12.1 Å². The first-order chi connectivity index (χ1) is 9.02. The smallest absolute Gasteiger partial charge is 0.269 e. The number of benzene rings is 1. The number of aliphatic hydroxyl groups excluding tert-OH is 2. The fraction of sp³-hybridized carbons (Fsp3) is 0.538. The molecule has 1 aromatic carbocycles. The van der Waals surface area contributed by atoms with Crippen molar-refractivity contribution < 1.29 is 15.1 Å². The Hall–Kier alpha value is -1.66. The van der Waals surface area contributed by atoms with Gasteiger partial charge in [-0.3, -0.25) is 10.1 Å². The molecule has 19 heavy (non-hydrogen) atoms. The van der Waals surface area contributed by atoms with Crippen LogP contribution in [0.2, 0.25) is 0 Å². The van der Waals surface area contributed by atoms with Crippen LogP contribution in [0.5, 0.6) is 0 Å². The molecule has 2 unspecified atom stereocenters. The van der Waals surface area contributed by atoms with Gasteiger partial charge in [0.05, 0.1) is 17.6 Å². The highest BCUT2D eigenvalue weighted by atomic mass is 16.6. The Balaban J connectivity index is 2.27. The van der Waals surface area contributed by atoms with Crippen molar-refractivity contribution in [1.82, 2.24) is 0 Å². The number of nitrogens with zero attached hydrogens (tertiary/aromatic N) is 2. The lowest BCUT2D eigenvalue weighted by molar-refractivity contribution is -0.384. The molecule has 1 fully saturated rings. The van der Waals surface area contributed by atoms with Crippen LogP contribution in [0.15, 0.2) is 18.2 Å². The molecule has 0 amide bonds. The first-order valence-electron chi connectivity index (χ1n) is 6.34. The highest BCUT2D eigenvalue weighted by molar-refractivity contribution is 5.58. The van der Waals surface area contributed by atoms with E-state index in [2.05, 4.69) is 0 Å². The van der Waals surface area contributed by atoms with Crippen molar-refractivity contribution in [2.24, 2.45) is 5.92 Å². The average molecular weight is 266 g/mol. The summed E-state index contributed by atoms with van der Waals surface area (Å²) < 4.78 is 0. The Labute approximate surface area is 111 Å². The number of hydrogen-bond acceptors (Lipinski definition) is 5. The molecular formula is C13H18N2O4. The van der Waals surface area contributed by atoms with E-state index >= 15 is 0 Å². The molecule has 6 heteroatoms. The summed E-state index contributed by atoms with van der Waals surface area (Å²) in [7, 11) is 0. The van der Waals surface area contributed by atoms with E-state index in [1.54, 1.807) is 6.07 Å². The van der Waals surface area contributed by atoms with Crippen LogP contribution in [0.1, 0.15) is 18.9 Å². The Morgan fingerprint density at radius 2 is 2.26 bits per heavy atom. The van der Waals surface area contributed by atoms with Gasteiger partial charge in [-0.05, 0) is 18.4 Å². The molecule has 104 valence electrons. The van der Waals surface area contributed by atoms with Gasteiger partial charge in [0.1, 0.15) is 0 Å². The molecule has 1 aliphatic heterocycles. The molecule has 1 aromatic rings. The number of rotatable bonds is 3. The highest BCUT2D eigenvalue weighted by Gasteiger charge is 2.26. The predicted molar refractivity (Wildman–Crippen MR) is 71.0 cm³/mol. The van der Waals surface area contributed by atoms with Crippen LogP contribution >= 0.6 is 0 Å². The maximum Gasteiger partial charge on any atom is 0.269 e. The molecular weight excluding hydrogens is 248 g/mol. The van der Waals surface area contributed by atoms with Crippen molar-refractivity contribution in [3.05, 3.63) is 33.9 Å². The van der Waals surface area contributed by atoms with Gasteiger partial charge in [-0.25, -0.2) is 0 Å². The lowest BCUT2D eigenvalue weighted by atomic mass is 9.95. The normalized spacial score (nSPS) is 23.4. The molecule has 0 spiro atoms. The third-order valence-corrected chi connectivity index (χ3v) is 3.70. The summed E-state index contributed by atoms with van der Waals surface area (Å²) in [5.74, 6) is 0.256. The second kappa shape index (κ2) is 5.54. The SMILES string of the molecule is CC1CCN(c2ccc([N+](=O)[O-])cc2CO)CC1O. The van der Waals surface area contributed by atoms with Gasteiger partial charge in [-0.2, -0.15) is 0 Å². The van der Waals surface area contributed by atoms with Gasteiger partial charge in [-0.15, -0.1) is 0 Å². The van der Waals surface area contributed by atoms with Gasteiger partial charge in [0, 0.05) is 36.5 Å². The van der Waals surface area contributed by atoms with Crippen LogP contribution in [0.25, 0.3) is 0 Å². The Bertz CT molecular complexity index is 478.